The molecule has 6 nitrogen and oxygen atoms in total. The second-order valence-corrected chi connectivity index (χ2v) is 7.41. The number of methoxy groups -OCH3 is 1. The van der Waals surface area contributed by atoms with E-state index in [0.29, 0.717) is 6.42 Å². The molecule has 2 aromatic rings. The topological polar surface area (TPSA) is 50.6 Å². The lowest BCUT2D eigenvalue weighted by molar-refractivity contribution is -0.132. The zero-order valence-corrected chi connectivity index (χ0v) is 17.1. The zero-order valence-electron chi connectivity index (χ0n) is 17.1. The van der Waals surface area contributed by atoms with Crippen LogP contribution in [-0.2, 0) is 24.8 Å². The Morgan fingerprint density at radius 2 is 1.85 bits per heavy atom. The van der Waals surface area contributed by atoms with Crippen molar-refractivity contribution in [1.29, 1.82) is 0 Å². The number of carbonyl (C=O) groups excluding carboxylic acids is 1. The summed E-state index contributed by atoms with van der Waals surface area (Å²) >= 11 is 0. The Balaban J connectivity index is 1.55. The summed E-state index contributed by atoms with van der Waals surface area (Å²) in [6, 6.07) is 6.00. The summed E-state index contributed by atoms with van der Waals surface area (Å²) in [6.45, 7) is 10.5. The molecule has 1 aromatic heterocycles. The van der Waals surface area contributed by atoms with Crippen LogP contribution in [0.5, 0.6) is 5.75 Å². The molecule has 2 heterocycles. The molecular weight excluding hydrogens is 340 g/mol. The molecule has 6 heteroatoms. The van der Waals surface area contributed by atoms with Crippen LogP contribution in [0, 0.1) is 20.8 Å². The maximum Gasteiger partial charge on any atom is 0.227 e. The van der Waals surface area contributed by atoms with Gasteiger partial charge in [-0.25, -0.2) is 0 Å². The van der Waals surface area contributed by atoms with E-state index in [2.05, 4.69) is 23.8 Å². The third-order valence-electron chi connectivity index (χ3n) is 5.59. The highest BCUT2D eigenvalue weighted by molar-refractivity contribution is 5.79. The molecule has 27 heavy (non-hydrogen) atoms. The predicted octanol–water partition coefficient (Wildman–Crippen LogP) is 2.24. The standard InChI is InChI=1S/C21H30N4O2/c1-15-6-7-18(12-20(15)27-5)13-21(26)25-10-8-24(9-11-25)14-19-16(2)22-23(4)17(19)3/h6-7,12H,8-11,13-14H2,1-5H3. The smallest absolute Gasteiger partial charge is 0.227 e. The lowest BCUT2D eigenvalue weighted by Gasteiger charge is -2.35. The van der Waals surface area contributed by atoms with E-state index in [1.807, 2.05) is 41.8 Å². The van der Waals surface area contributed by atoms with Crippen molar-refractivity contribution in [2.24, 2.45) is 7.05 Å². The molecule has 1 aliphatic rings. The second kappa shape index (κ2) is 8.13. The van der Waals surface area contributed by atoms with Gasteiger partial charge in [-0.15, -0.1) is 0 Å². The third kappa shape index (κ3) is 4.33. The first-order valence-electron chi connectivity index (χ1n) is 9.51. The van der Waals surface area contributed by atoms with Gasteiger partial charge in [0.1, 0.15) is 5.75 Å². The molecule has 146 valence electrons. The van der Waals surface area contributed by atoms with Crippen LogP contribution in [0.25, 0.3) is 0 Å². The summed E-state index contributed by atoms with van der Waals surface area (Å²) in [6.07, 6.45) is 0.428. The van der Waals surface area contributed by atoms with Crippen molar-refractivity contribution in [1.82, 2.24) is 19.6 Å². The Morgan fingerprint density at radius 1 is 1.15 bits per heavy atom. The number of ether oxygens (including phenoxy) is 1. The number of rotatable bonds is 5. The number of piperazine rings is 1. The van der Waals surface area contributed by atoms with E-state index >= 15 is 0 Å². The Kier molecular flexibility index (Phi) is 5.85. The fourth-order valence-corrected chi connectivity index (χ4v) is 3.69. The molecule has 1 amide bonds. The number of amides is 1. The predicted molar refractivity (Wildman–Crippen MR) is 106 cm³/mol. The van der Waals surface area contributed by atoms with Gasteiger partial charge in [0.2, 0.25) is 5.91 Å². The SMILES string of the molecule is COc1cc(CC(=O)N2CCN(Cc3c(C)nn(C)c3C)CC2)ccc1C. The van der Waals surface area contributed by atoms with Gasteiger partial charge in [0, 0.05) is 51.0 Å². The van der Waals surface area contributed by atoms with Crippen molar-refractivity contribution in [3.8, 4) is 5.75 Å². The van der Waals surface area contributed by atoms with Crippen LogP contribution >= 0.6 is 0 Å². The Bertz CT molecular complexity index is 820. The van der Waals surface area contributed by atoms with Crippen LogP contribution in [0.3, 0.4) is 0 Å². The van der Waals surface area contributed by atoms with Crippen LogP contribution < -0.4 is 4.74 Å². The Hall–Kier alpha value is -2.34. The summed E-state index contributed by atoms with van der Waals surface area (Å²) in [5.41, 5.74) is 5.72. The number of aromatic nitrogens is 2. The van der Waals surface area contributed by atoms with E-state index < -0.39 is 0 Å². The number of carbonyl (C=O) groups is 1. The zero-order chi connectivity index (χ0) is 19.6. The Morgan fingerprint density at radius 3 is 2.44 bits per heavy atom. The lowest BCUT2D eigenvalue weighted by atomic mass is 10.1. The summed E-state index contributed by atoms with van der Waals surface area (Å²) in [7, 11) is 3.65. The van der Waals surface area contributed by atoms with Gasteiger partial charge in [0.05, 0.1) is 19.2 Å². The van der Waals surface area contributed by atoms with Crippen LogP contribution in [0.15, 0.2) is 18.2 Å². The fraction of sp³-hybridized carbons (Fsp3) is 0.524. The molecule has 1 fully saturated rings. The van der Waals surface area contributed by atoms with Crippen LogP contribution in [0.2, 0.25) is 0 Å². The monoisotopic (exact) mass is 370 g/mol. The lowest BCUT2D eigenvalue weighted by Crippen LogP contribution is -2.48. The second-order valence-electron chi connectivity index (χ2n) is 7.41. The minimum atomic E-state index is 0.189. The highest BCUT2D eigenvalue weighted by atomic mass is 16.5. The molecule has 3 rings (SSSR count). The Labute approximate surface area is 161 Å². The average Bonchev–Trinajstić information content (AvgIpc) is 2.90. The van der Waals surface area contributed by atoms with Crippen LogP contribution in [0.1, 0.15) is 28.1 Å². The largest absolute Gasteiger partial charge is 0.496 e. The van der Waals surface area contributed by atoms with E-state index in [0.717, 1.165) is 55.3 Å². The van der Waals surface area contributed by atoms with Gasteiger partial charge >= 0.3 is 0 Å². The average molecular weight is 370 g/mol. The van der Waals surface area contributed by atoms with Crippen molar-refractivity contribution in [3.05, 3.63) is 46.3 Å². The first-order valence-corrected chi connectivity index (χ1v) is 9.51. The van der Waals surface area contributed by atoms with Crippen molar-refractivity contribution in [3.63, 3.8) is 0 Å². The molecule has 0 atom stereocenters. The van der Waals surface area contributed by atoms with Crippen LogP contribution in [-0.4, -0.2) is 58.8 Å². The third-order valence-corrected chi connectivity index (χ3v) is 5.59. The normalized spacial score (nSPS) is 15.2. The minimum absolute atomic E-state index is 0.189. The number of hydrogen-bond acceptors (Lipinski definition) is 4. The van der Waals surface area contributed by atoms with E-state index in [9.17, 15) is 4.79 Å². The molecule has 0 radical (unpaired) electrons. The molecule has 0 saturated carbocycles. The van der Waals surface area contributed by atoms with Gasteiger partial charge < -0.3 is 9.64 Å². The molecule has 0 aliphatic carbocycles. The highest BCUT2D eigenvalue weighted by Gasteiger charge is 2.23. The van der Waals surface area contributed by atoms with E-state index in [1.54, 1.807) is 7.11 Å². The quantitative estimate of drug-likeness (QED) is 0.810. The first kappa shape index (κ1) is 19.4. The molecule has 1 aromatic carbocycles. The number of aryl methyl sites for hydroxylation is 3. The van der Waals surface area contributed by atoms with Gasteiger partial charge in [0.25, 0.3) is 0 Å². The van der Waals surface area contributed by atoms with Gasteiger partial charge in [-0.2, -0.15) is 5.10 Å². The summed E-state index contributed by atoms with van der Waals surface area (Å²) < 4.78 is 7.31. The fourth-order valence-electron chi connectivity index (χ4n) is 3.69. The highest BCUT2D eigenvalue weighted by Crippen LogP contribution is 2.20. The minimum Gasteiger partial charge on any atom is -0.496 e. The molecule has 0 spiro atoms. The van der Waals surface area contributed by atoms with Crippen LogP contribution in [0.4, 0.5) is 0 Å². The van der Waals surface area contributed by atoms with Crippen molar-refractivity contribution in [2.45, 2.75) is 33.7 Å². The molecule has 0 N–H and O–H groups in total. The molecule has 1 saturated heterocycles. The molecular formula is C21H30N4O2. The van der Waals surface area contributed by atoms with Crippen molar-refractivity contribution >= 4 is 5.91 Å². The maximum absolute atomic E-state index is 12.7. The van der Waals surface area contributed by atoms with E-state index in [-0.39, 0.29) is 5.91 Å². The van der Waals surface area contributed by atoms with Gasteiger partial charge in [-0.1, -0.05) is 12.1 Å². The summed E-state index contributed by atoms with van der Waals surface area (Å²) in [5.74, 6) is 1.03. The maximum atomic E-state index is 12.7. The number of nitrogens with zero attached hydrogens (tertiary/aromatic N) is 4. The van der Waals surface area contributed by atoms with E-state index in [1.165, 1.54) is 11.3 Å². The molecule has 0 bridgehead atoms. The summed E-state index contributed by atoms with van der Waals surface area (Å²) in [4.78, 5) is 17.1. The summed E-state index contributed by atoms with van der Waals surface area (Å²) in [5, 5.41) is 4.50. The van der Waals surface area contributed by atoms with E-state index in [4.69, 9.17) is 4.74 Å². The van der Waals surface area contributed by atoms with Crippen molar-refractivity contribution in [2.75, 3.05) is 33.3 Å². The van der Waals surface area contributed by atoms with Gasteiger partial charge in [-0.3, -0.25) is 14.4 Å². The number of hydrogen-bond donors (Lipinski definition) is 0. The van der Waals surface area contributed by atoms with Crippen molar-refractivity contribution < 1.29 is 9.53 Å². The number of benzene rings is 1. The molecule has 0 unspecified atom stereocenters. The van der Waals surface area contributed by atoms with Gasteiger partial charge in [0.15, 0.2) is 0 Å². The van der Waals surface area contributed by atoms with Gasteiger partial charge in [-0.05, 0) is 38.0 Å². The molecule has 1 aliphatic heterocycles. The first-order chi connectivity index (χ1) is 12.9.